The quantitative estimate of drug-likeness (QED) is 0.756. The Morgan fingerprint density at radius 3 is 2.72 bits per heavy atom. The van der Waals surface area contributed by atoms with E-state index in [9.17, 15) is 14.0 Å². The number of aryl methyl sites for hydroxylation is 1. The van der Waals surface area contributed by atoms with Crippen molar-refractivity contribution < 1.29 is 9.18 Å². The largest absolute Gasteiger partial charge is 0.295 e. The van der Waals surface area contributed by atoms with Crippen LogP contribution in [0.15, 0.2) is 41.3 Å². The van der Waals surface area contributed by atoms with Gasteiger partial charge in [0.1, 0.15) is 10.8 Å². The summed E-state index contributed by atoms with van der Waals surface area (Å²) in [7, 11) is 0. The first-order valence-corrected chi connectivity index (χ1v) is 8.38. The van der Waals surface area contributed by atoms with Gasteiger partial charge in [0.15, 0.2) is 5.69 Å². The molecule has 0 unspecified atom stereocenters. The molecule has 7 nitrogen and oxygen atoms in total. The highest BCUT2D eigenvalue weighted by Crippen LogP contribution is 2.17. The van der Waals surface area contributed by atoms with Gasteiger partial charge in [-0.05, 0) is 30.7 Å². The molecule has 0 atom stereocenters. The van der Waals surface area contributed by atoms with Gasteiger partial charge < -0.3 is 0 Å². The van der Waals surface area contributed by atoms with Crippen LogP contribution in [0.2, 0.25) is 0 Å². The molecule has 0 fully saturated rings. The number of aromatic nitrogens is 4. The smallest absolute Gasteiger partial charge is 0.282 e. The van der Waals surface area contributed by atoms with Gasteiger partial charge in [-0.2, -0.15) is 5.10 Å². The number of anilines is 1. The highest BCUT2D eigenvalue weighted by Gasteiger charge is 2.16. The maximum absolute atomic E-state index is 13.0. The monoisotopic (exact) mass is 359 g/mol. The predicted octanol–water partition coefficient (Wildman–Crippen LogP) is 2.43. The normalized spacial score (nSPS) is 10.6. The van der Waals surface area contributed by atoms with Crippen molar-refractivity contribution in [3.05, 3.63) is 63.3 Å². The molecule has 2 aromatic heterocycles. The molecular weight excluding hydrogens is 345 g/mol. The minimum Gasteiger partial charge on any atom is -0.295 e. The van der Waals surface area contributed by atoms with E-state index < -0.39 is 11.3 Å². The third-order valence-electron chi connectivity index (χ3n) is 3.27. The SMILES string of the molecule is CCCc1nnc(NC(=O)c2nn(-c3ccc(F)cc3)ccc2=O)s1. The molecule has 25 heavy (non-hydrogen) atoms. The second kappa shape index (κ2) is 7.31. The van der Waals surface area contributed by atoms with E-state index in [0.717, 1.165) is 17.8 Å². The van der Waals surface area contributed by atoms with E-state index >= 15 is 0 Å². The molecule has 0 saturated heterocycles. The van der Waals surface area contributed by atoms with Gasteiger partial charge in [-0.3, -0.25) is 14.9 Å². The van der Waals surface area contributed by atoms with Crippen molar-refractivity contribution in [1.82, 2.24) is 20.0 Å². The topological polar surface area (TPSA) is 89.8 Å². The molecule has 0 spiro atoms. The molecule has 1 amide bonds. The van der Waals surface area contributed by atoms with Crippen LogP contribution in [0.25, 0.3) is 5.69 Å². The Balaban J connectivity index is 1.85. The molecule has 1 aromatic carbocycles. The van der Waals surface area contributed by atoms with E-state index in [1.165, 1.54) is 52.5 Å². The first-order chi connectivity index (χ1) is 12.1. The summed E-state index contributed by atoms with van der Waals surface area (Å²) in [6.45, 7) is 2.02. The van der Waals surface area contributed by atoms with Gasteiger partial charge >= 0.3 is 0 Å². The van der Waals surface area contributed by atoms with Gasteiger partial charge in [0, 0.05) is 18.7 Å². The van der Waals surface area contributed by atoms with Crippen LogP contribution >= 0.6 is 11.3 Å². The minimum absolute atomic E-state index is 0.279. The molecule has 0 bridgehead atoms. The number of amides is 1. The van der Waals surface area contributed by atoms with Gasteiger partial charge in [0.25, 0.3) is 5.91 Å². The number of hydrogen-bond acceptors (Lipinski definition) is 6. The van der Waals surface area contributed by atoms with Crippen molar-refractivity contribution in [3.8, 4) is 5.69 Å². The van der Waals surface area contributed by atoms with E-state index in [4.69, 9.17) is 0 Å². The molecule has 0 aliphatic rings. The molecule has 3 aromatic rings. The first-order valence-electron chi connectivity index (χ1n) is 7.56. The molecule has 0 saturated carbocycles. The summed E-state index contributed by atoms with van der Waals surface area (Å²) in [5, 5.41) is 15.5. The van der Waals surface area contributed by atoms with Crippen LogP contribution in [0.5, 0.6) is 0 Å². The third kappa shape index (κ3) is 3.94. The third-order valence-corrected chi connectivity index (χ3v) is 4.16. The molecule has 3 rings (SSSR count). The van der Waals surface area contributed by atoms with Crippen LogP contribution in [0, 0.1) is 5.82 Å². The number of halogens is 1. The Bertz CT molecular complexity index is 952. The zero-order valence-corrected chi connectivity index (χ0v) is 14.1. The van der Waals surface area contributed by atoms with Crippen molar-refractivity contribution in [3.63, 3.8) is 0 Å². The number of nitrogens with one attached hydrogen (secondary N) is 1. The van der Waals surface area contributed by atoms with E-state index in [0.29, 0.717) is 10.8 Å². The fourth-order valence-corrected chi connectivity index (χ4v) is 2.91. The summed E-state index contributed by atoms with van der Waals surface area (Å²) in [5.41, 5.74) is -0.273. The summed E-state index contributed by atoms with van der Waals surface area (Å²) in [4.78, 5) is 24.3. The molecule has 1 N–H and O–H groups in total. The molecular formula is C16H14FN5O2S. The lowest BCUT2D eigenvalue weighted by Crippen LogP contribution is -2.25. The highest BCUT2D eigenvalue weighted by molar-refractivity contribution is 7.15. The van der Waals surface area contributed by atoms with Crippen LogP contribution in [-0.4, -0.2) is 25.9 Å². The second-order valence-corrected chi connectivity index (χ2v) is 6.22. The lowest BCUT2D eigenvalue weighted by atomic mass is 10.3. The fraction of sp³-hybridized carbons (Fsp3) is 0.188. The van der Waals surface area contributed by atoms with Gasteiger partial charge in [-0.25, -0.2) is 9.07 Å². The number of carbonyl (C=O) groups is 1. The summed E-state index contributed by atoms with van der Waals surface area (Å²) >= 11 is 1.26. The Morgan fingerprint density at radius 1 is 1.24 bits per heavy atom. The molecule has 9 heteroatoms. The summed E-state index contributed by atoms with van der Waals surface area (Å²) in [5.74, 6) is -1.05. The van der Waals surface area contributed by atoms with E-state index in [2.05, 4.69) is 20.6 Å². The minimum atomic E-state index is -0.666. The molecule has 0 aliphatic heterocycles. The van der Waals surface area contributed by atoms with Crippen LogP contribution < -0.4 is 10.7 Å². The zero-order valence-electron chi connectivity index (χ0n) is 13.3. The van der Waals surface area contributed by atoms with Crippen molar-refractivity contribution in [2.75, 3.05) is 5.32 Å². The second-order valence-electron chi connectivity index (χ2n) is 5.15. The zero-order chi connectivity index (χ0) is 17.8. The van der Waals surface area contributed by atoms with Crippen LogP contribution in [0.1, 0.15) is 28.8 Å². The fourth-order valence-electron chi connectivity index (χ4n) is 2.08. The average Bonchev–Trinajstić information content (AvgIpc) is 3.03. The van der Waals surface area contributed by atoms with Crippen molar-refractivity contribution in [2.24, 2.45) is 0 Å². The van der Waals surface area contributed by atoms with Crippen molar-refractivity contribution >= 4 is 22.4 Å². The summed E-state index contributed by atoms with van der Waals surface area (Å²) < 4.78 is 14.3. The maximum atomic E-state index is 13.0. The van der Waals surface area contributed by atoms with E-state index in [1.54, 1.807) is 0 Å². The average molecular weight is 359 g/mol. The molecule has 128 valence electrons. The molecule has 0 aliphatic carbocycles. The molecule has 2 heterocycles. The highest BCUT2D eigenvalue weighted by atomic mass is 32.1. The van der Waals surface area contributed by atoms with Gasteiger partial charge in [-0.1, -0.05) is 18.3 Å². The van der Waals surface area contributed by atoms with Crippen LogP contribution in [-0.2, 0) is 6.42 Å². The number of hydrogen-bond donors (Lipinski definition) is 1. The van der Waals surface area contributed by atoms with Crippen molar-refractivity contribution in [1.29, 1.82) is 0 Å². The first kappa shape index (κ1) is 16.9. The maximum Gasteiger partial charge on any atom is 0.282 e. The summed E-state index contributed by atoms with van der Waals surface area (Å²) in [6, 6.07) is 6.76. The standard InChI is InChI=1S/C16H14FN5O2S/c1-2-3-13-19-20-16(25-13)18-15(24)14-12(23)8-9-22(21-14)11-6-4-10(17)5-7-11/h4-9H,2-3H2,1H3,(H,18,20,24). The van der Waals surface area contributed by atoms with E-state index in [-0.39, 0.29) is 11.5 Å². The van der Waals surface area contributed by atoms with Crippen molar-refractivity contribution in [2.45, 2.75) is 19.8 Å². The van der Waals surface area contributed by atoms with Gasteiger partial charge in [0.2, 0.25) is 10.6 Å². The Morgan fingerprint density at radius 2 is 2.00 bits per heavy atom. The Labute approximate surface area is 146 Å². The van der Waals surface area contributed by atoms with E-state index in [1.807, 2.05) is 6.92 Å². The lowest BCUT2D eigenvalue weighted by Gasteiger charge is -2.07. The lowest BCUT2D eigenvalue weighted by molar-refractivity contribution is 0.101. The molecule has 0 radical (unpaired) electrons. The number of benzene rings is 1. The van der Waals surface area contributed by atoms with Gasteiger partial charge in [-0.15, -0.1) is 10.2 Å². The summed E-state index contributed by atoms with van der Waals surface area (Å²) in [6.07, 6.45) is 3.11. The van der Waals surface area contributed by atoms with Crippen LogP contribution in [0.4, 0.5) is 9.52 Å². The number of nitrogens with zero attached hydrogens (tertiary/aromatic N) is 4. The van der Waals surface area contributed by atoms with Gasteiger partial charge in [0.05, 0.1) is 5.69 Å². The Kier molecular flexibility index (Phi) is 4.94. The number of rotatable bonds is 5. The predicted molar refractivity (Wildman–Crippen MR) is 91.6 cm³/mol. The Hall–Kier alpha value is -2.94. The number of carbonyl (C=O) groups excluding carboxylic acids is 1. The van der Waals surface area contributed by atoms with Crippen LogP contribution in [0.3, 0.4) is 0 Å².